The van der Waals surface area contributed by atoms with E-state index in [1.807, 2.05) is 0 Å². The number of benzene rings is 3. The van der Waals surface area contributed by atoms with Crippen molar-refractivity contribution in [2.24, 2.45) is 0 Å². The largest absolute Gasteiger partial charge is 0.619 e. The number of hydrogen-bond donors (Lipinski definition) is 2. The summed E-state index contributed by atoms with van der Waals surface area (Å²) in [5.74, 6) is -0.458. The van der Waals surface area contributed by atoms with Crippen LogP contribution in [-0.2, 0) is 12.6 Å². The second-order valence-electron chi connectivity index (χ2n) is 9.71. The van der Waals surface area contributed by atoms with Crippen molar-refractivity contribution in [3.8, 4) is 28.2 Å². The minimum absolute atomic E-state index is 0.146. The summed E-state index contributed by atoms with van der Waals surface area (Å²) >= 11 is 12.4. The fraction of sp³-hybridized carbons (Fsp3) is 0.129. The molecular weight excluding hydrogens is 604 g/mol. The van der Waals surface area contributed by atoms with E-state index in [2.05, 4.69) is 5.32 Å². The number of alkyl halides is 3. The maximum Gasteiger partial charge on any atom is 0.416 e. The van der Waals surface area contributed by atoms with Crippen LogP contribution >= 0.6 is 23.2 Å². The zero-order chi connectivity index (χ0) is 30.7. The third-order valence-corrected chi connectivity index (χ3v) is 7.43. The van der Waals surface area contributed by atoms with Crippen LogP contribution in [0.4, 0.5) is 13.2 Å². The zero-order valence-electron chi connectivity index (χ0n) is 22.2. The third kappa shape index (κ3) is 6.99. The second-order valence-corrected chi connectivity index (χ2v) is 10.5. The van der Waals surface area contributed by atoms with E-state index >= 15 is 0 Å². The predicted molar refractivity (Wildman–Crippen MR) is 157 cm³/mol. The number of aliphatic hydroxyl groups excluding tert-OH is 1. The Morgan fingerprint density at radius 2 is 1.70 bits per heavy atom. The summed E-state index contributed by atoms with van der Waals surface area (Å²) in [6.45, 7) is -0.403. The van der Waals surface area contributed by atoms with E-state index in [9.17, 15) is 28.3 Å². The van der Waals surface area contributed by atoms with Gasteiger partial charge in [0.15, 0.2) is 12.4 Å². The van der Waals surface area contributed by atoms with Gasteiger partial charge in [0.25, 0.3) is 5.91 Å². The summed E-state index contributed by atoms with van der Waals surface area (Å²) in [5, 5.41) is 29.8. The number of amides is 1. The van der Waals surface area contributed by atoms with Crippen LogP contribution in [0.2, 0.25) is 10.0 Å². The fourth-order valence-corrected chi connectivity index (χ4v) is 4.78. The van der Waals surface area contributed by atoms with Gasteiger partial charge in [-0.05, 0) is 66.6 Å². The van der Waals surface area contributed by atoms with Crippen LogP contribution in [-0.4, -0.2) is 33.4 Å². The molecule has 0 saturated carbocycles. The molecule has 0 unspecified atom stereocenters. The molecule has 0 saturated heterocycles. The lowest BCUT2D eigenvalue weighted by Crippen LogP contribution is -2.39. The molecule has 2 N–H and O–H groups in total. The molecule has 5 rings (SSSR count). The number of nitrogens with one attached hydrogen (secondary N) is 1. The van der Waals surface area contributed by atoms with Gasteiger partial charge in [-0.3, -0.25) is 4.79 Å². The molecule has 43 heavy (non-hydrogen) atoms. The smallest absolute Gasteiger partial charge is 0.416 e. The summed E-state index contributed by atoms with van der Waals surface area (Å²) in [6.07, 6.45) is -1.53. The highest BCUT2D eigenvalue weighted by Gasteiger charge is 2.30. The van der Waals surface area contributed by atoms with E-state index < -0.39 is 30.3 Å². The molecular formula is C31H23Cl2F3N4O3. The molecule has 2 heterocycles. The molecule has 0 aliphatic carbocycles. The van der Waals surface area contributed by atoms with E-state index in [-0.39, 0.29) is 6.42 Å². The quantitative estimate of drug-likeness (QED) is 0.152. The first-order valence-electron chi connectivity index (χ1n) is 12.9. The summed E-state index contributed by atoms with van der Waals surface area (Å²) < 4.78 is 40.9. The van der Waals surface area contributed by atoms with Gasteiger partial charge in [0.1, 0.15) is 0 Å². The lowest BCUT2D eigenvalue weighted by Gasteiger charge is -2.17. The van der Waals surface area contributed by atoms with E-state index in [1.54, 1.807) is 65.3 Å². The number of halogens is 5. The molecule has 0 spiro atoms. The first-order valence-corrected chi connectivity index (χ1v) is 13.7. The average molecular weight is 627 g/mol. The number of carbonyl (C=O) groups is 1. The summed E-state index contributed by atoms with van der Waals surface area (Å²) in [6, 6.07) is 20.8. The van der Waals surface area contributed by atoms with Crippen molar-refractivity contribution in [1.29, 1.82) is 0 Å². The first kappa shape index (κ1) is 30.1. The van der Waals surface area contributed by atoms with Gasteiger partial charge in [-0.15, -0.1) is 0 Å². The van der Waals surface area contributed by atoms with Crippen molar-refractivity contribution in [2.45, 2.75) is 18.6 Å². The Bertz CT molecular complexity index is 1760. The molecule has 0 radical (unpaired) electrons. The Kier molecular flexibility index (Phi) is 8.72. The number of pyridine rings is 1. The average Bonchev–Trinajstić information content (AvgIpc) is 3.44. The van der Waals surface area contributed by atoms with Gasteiger partial charge in [-0.2, -0.15) is 23.0 Å². The molecule has 0 bridgehead atoms. The van der Waals surface area contributed by atoms with Crippen molar-refractivity contribution in [3.05, 3.63) is 129 Å². The number of rotatable bonds is 8. The van der Waals surface area contributed by atoms with E-state index in [4.69, 9.17) is 28.3 Å². The van der Waals surface area contributed by atoms with Crippen LogP contribution in [0.25, 0.3) is 28.2 Å². The van der Waals surface area contributed by atoms with Gasteiger partial charge < -0.3 is 15.6 Å². The molecule has 2 aromatic heterocycles. The molecule has 0 aliphatic rings. The van der Waals surface area contributed by atoms with Gasteiger partial charge >= 0.3 is 6.18 Å². The number of hydrogen-bond acceptors (Lipinski definition) is 4. The number of aliphatic hydroxyl groups is 1. The highest BCUT2D eigenvalue weighted by Crippen LogP contribution is 2.32. The third-order valence-electron chi connectivity index (χ3n) is 6.69. The standard InChI is InChI=1S/C31H23Cl2F3N4O3/c32-26-12-11-25(15-27(26)33)40-29(16-28(38-40)22-2-1-13-39(43)17-22)20-5-7-21(8-6-20)30(42)37-24(18-41)14-19-3-9-23(10-4-19)31(34,35)36/h1-13,15-17,24,41H,14,18H2,(H,37,42)/t24-/m0/s1. The molecule has 5 aromatic rings. The molecule has 0 fully saturated rings. The van der Waals surface area contributed by atoms with E-state index in [0.29, 0.717) is 54.1 Å². The van der Waals surface area contributed by atoms with Crippen molar-refractivity contribution in [3.63, 3.8) is 0 Å². The second kappa shape index (κ2) is 12.5. The number of aromatic nitrogens is 3. The zero-order valence-corrected chi connectivity index (χ0v) is 23.7. The van der Waals surface area contributed by atoms with Crippen LogP contribution < -0.4 is 10.0 Å². The Morgan fingerprint density at radius 1 is 0.977 bits per heavy atom. The predicted octanol–water partition coefficient (Wildman–Crippen LogP) is 6.50. The fourth-order valence-electron chi connectivity index (χ4n) is 4.48. The first-order chi connectivity index (χ1) is 20.5. The topological polar surface area (TPSA) is 94.1 Å². The molecule has 12 heteroatoms. The Hall–Kier alpha value is -4.38. The van der Waals surface area contributed by atoms with Gasteiger partial charge in [-0.1, -0.05) is 47.5 Å². The SMILES string of the molecule is O=C(N[C@H](CO)Cc1ccc(C(F)(F)F)cc1)c1ccc(-c2cc(-c3ccc[n+]([O-])c3)nn2-c2ccc(Cl)c(Cl)c2)cc1. The summed E-state index contributed by atoms with van der Waals surface area (Å²) in [5.41, 5.74) is 3.18. The van der Waals surface area contributed by atoms with Gasteiger partial charge in [0, 0.05) is 17.2 Å². The van der Waals surface area contributed by atoms with E-state index in [0.717, 1.165) is 12.1 Å². The molecule has 7 nitrogen and oxygen atoms in total. The van der Waals surface area contributed by atoms with Crippen LogP contribution in [0.1, 0.15) is 21.5 Å². The van der Waals surface area contributed by atoms with Crippen molar-refractivity contribution >= 4 is 29.1 Å². The van der Waals surface area contributed by atoms with Gasteiger partial charge in [-0.25, -0.2) is 4.68 Å². The lowest BCUT2D eigenvalue weighted by molar-refractivity contribution is -0.604. The van der Waals surface area contributed by atoms with Crippen molar-refractivity contribution in [1.82, 2.24) is 15.1 Å². The Labute approximate surface area is 254 Å². The highest BCUT2D eigenvalue weighted by molar-refractivity contribution is 6.42. The highest BCUT2D eigenvalue weighted by atomic mass is 35.5. The Balaban J connectivity index is 1.38. The maximum atomic E-state index is 13.0. The molecule has 0 aliphatic heterocycles. The van der Waals surface area contributed by atoms with Crippen molar-refractivity contribution < 1.29 is 27.8 Å². The molecule has 1 atom stereocenters. The van der Waals surface area contributed by atoms with Gasteiger partial charge in [0.2, 0.25) is 0 Å². The Morgan fingerprint density at radius 3 is 2.33 bits per heavy atom. The maximum absolute atomic E-state index is 13.0. The van der Waals surface area contributed by atoms with Crippen LogP contribution in [0.5, 0.6) is 0 Å². The molecule has 3 aromatic carbocycles. The van der Waals surface area contributed by atoms with Crippen molar-refractivity contribution in [2.75, 3.05) is 6.61 Å². The molecule has 1 amide bonds. The number of carbonyl (C=O) groups excluding carboxylic acids is 1. The number of nitrogens with zero attached hydrogens (tertiary/aromatic N) is 3. The minimum atomic E-state index is -4.45. The van der Waals surface area contributed by atoms with Crippen LogP contribution in [0.3, 0.4) is 0 Å². The van der Waals surface area contributed by atoms with Crippen LogP contribution in [0.15, 0.2) is 97.3 Å². The van der Waals surface area contributed by atoms with Gasteiger partial charge in [0.05, 0.1) is 50.9 Å². The summed E-state index contributed by atoms with van der Waals surface area (Å²) in [4.78, 5) is 13.0. The minimum Gasteiger partial charge on any atom is -0.619 e. The van der Waals surface area contributed by atoms with Crippen LogP contribution in [0, 0.1) is 5.21 Å². The normalized spacial score (nSPS) is 12.2. The summed E-state index contributed by atoms with van der Waals surface area (Å²) in [7, 11) is 0. The van der Waals surface area contributed by atoms with E-state index in [1.165, 1.54) is 24.5 Å². The molecule has 220 valence electrons. The lowest BCUT2D eigenvalue weighted by atomic mass is 10.0. The monoisotopic (exact) mass is 626 g/mol.